The van der Waals surface area contributed by atoms with E-state index in [1.165, 1.54) is 6.08 Å². The summed E-state index contributed by atoms with van der Waals surface area (Å²) in [5, 5.41) is 14.6. The van der Waals surface area contributed by atoms with Crippen molar-refractivity contribution in [3.63, 3.8) is 0 Å². The van der Waals surface area contributed by atoms with Crippen LogP contribution in [0.1, 0.15) is 11.1 Å². The molecule has 1 N–H and O–H groups in total. The lowest BCUT2D eigenvalue weighted by atomic mass is 10.1. The highest BCUT2D eigenvalue weighted by molar-refractivity contribution is 6.09. The number of nitrogens with zero attached hydrogens (tertiary/aromatic N) is 1. The second-order valence-electron chi connectivity index (χ2n) is 7.68. The highest BCUT2D eigenvalue weighted by Gasteiger charge is 2.13. The van der Waals surface area contributed by atoms with E-state index in [2.05, 4.69) is 23.5 Å². The van der Waals surface area contributed by atoms with E-state index < -0.39 is 5.91 Å². The number of nitriles is 1. The van der Waals surface area contributed by atoms with E-state index in [-0.39, 0.29) is 5.57 Å². The summed E-state index contributed by atoms with van der Waals surface area (Å²) >= 11 is 0. The Morgan fingerprint density at radius 1 is 0.914 bits per heavy atom. The van der Waals surface area contributed by atoms with Crippen molar-refractivity contribution in [2.75, 3.05) is 19.5 Å². The number of carbonyl (C=O) groups excluding carboxylic acids is 1. The van der Waals surface area contributed by atoms with E-state index >= 15 is 0 Å². The molecule has 0 aliphatic carbocycles. The molecule has 0 spiro atoms. The van der Waals surface area contributed by atoms with Crippen LogP contribution in [-0.4, -0.2) is 20.1 Å². The summed E-state index contributed by atoms with van der Waals surface area (Å²) in [6.45, 7) is 0.315. The molecule has 0 saturated carbocycles. The van der Waals surface area contributed by atoms with Crippen molar-refractivity contribution in [2.24, 2.45) is 0 Å². The maximum absolute atomic E-state index is 12.8. The number of rotatable bonds is 8. The molecule has 4 rings (SSSR count). The number of hydrogen-bond donors (Lipinski definition) is 1. The molecule has 174 valence electrons. The van der Waals surface area contributed by atoms with Gasteiger partial charge in [-0.1, -0.05) is 42.5 Å². The summed E-state index contributed by atoms with van der Waals surface area (Å²) < 4.78 is 16.6. The molecule has 6 nitrogen and oxygen atoms in total. The first-order valence-corrected chi connectivity index (χ1v) is 11.0. The number of nitrogens with one attached hydrogen (secondary N) is 1. The predicted octanol–water partition coefficient (Wildman–Crippen LogP) is 5.98. The quantitative estimate of drug-likeness (QED) is 0.256. The number of fused-ring (bicyclic) bond motifs is 1. The van der Waals surface area contributed by atoms with Gasteiger partial charge in [-0.3, -0.25) is 4.79 Å². The van der Waals surface area contributed by atoms with Crippen LogP contribution in [0.3, 0.4) is 0 Å². The number of amides is 1. The molecule has 4 aromatic carbocycles. The number of anilines is 1. The average molecular weight is 465 g/mol. The number of ether oxygens (including phenoxy) is 3. The Labute approximate surface area is 204 Å². The number of benzene rings is 4. The smallest absolute Gasteiger partial charge is 0.266 e. The number of methoxy groups -OCH3 is 2. The first-order valence-electron chi connectivity index (χ1n) is 11.0. The summed E-state index contributed by atoms with van der Waals surface area (Å²) in [4.78, 5) is 12.8. The second kappa shape index (κ2) is 10.9. The van der Waals surface area contributed by atoms with Crippen molar-refractivity contribution in [1.82, 2.24) is 0 Å². The Kier molecular flexibility index (Phi) is 7.29. The van der Waals surface area contributed by atoms with Gasteiger partial charge in [-0.15, -0.1) is 0 Å². The van der Waals surface area contributed by atoms with Gasteiger partial charge in [0, 0.05) is 17.3 Å². The lowest BCUT2D eigenvalue weighted by Gasteiger charge is -2.13. The van der Waals surface area contributed by atoms with E-state index in [1.807, 2.05) is 30.3 Å². The minimum absolute atomic E-state index is 0.0546. The SMILES string of the molecule is COc1ccc(NC(=O)/C(C#N)=C/c2ccc(OC)cc2OCc2cccc3ccccc23)cc1. The lowest BCUT2D eigenvalue weighted by molar-refractivity contribution is -0.112. The zero-order valence-corrected chi connectivity index (χ0v) is 19.4. The van der Waals surface area contributed by atoms with E-state index in [0.29, 0.717) is 35.1 Å². The zero-order valence-electron chi connectivity index (χ0n) is 19.4. The van der Waals surface area contributed by atoms with Crippen molar-refractivity contribution in [3.05, 3.63) is 102 Å². The van der Waals surface area contributed by atoms with Crippen LogP contribution in [0.15, 0.2) is 90.5 Å². The molecule has 0 saturated heterocycles. The molecule has 35 heavy (non-hydrogen) atoms. The molecule has 0 aliphatic heterocycles. The van der Waals surface area contributed by atoms with Gasteiger partial charge < -0.3 is 19.5 Å². The molecular weight excluding hydrogens is 440 g/mol. The van der Waals surface area contributed by atoms with Crippen LogP contribution in [0, 0.1) is 11.3 Å². The van der Waals surface area contributed by atoms with Crippen LogP contribution in [0.2, 0.25) is 0 Å². The molecule has 0 unspecified atom stereocenters. The third-order valence-electron chi connectivity index (χ3n) is 5.50. The molecule has 1 amide bonds. The highest BCUT2D eigenvalue weighted by Crippen LogP contribution is 2.29. The van der Waals surface area contributed by atoms with Crippen LogP contribution in [0.5, 0.6) is 17.2 Å². The zero-order chi connectivity index (χ0) is 24.6. The Morgan fingerprint density at radius 3 is 2.37 bits per heavy atom. The molecule has 0 atom stereocenters. The fourth-order valence-electron chi connectivity index (χ4n) is 3.64. The molecular formula is C29H24N2O4. The van der Waals surface area contributed by atoms with Crippen molar-refractivity contribution in [3.8, 4) is 23.3 Å². The summed E-state index contributed by atoms with van der Waals surface area (Å²) in [6.07, 6.45) is 1.51. The van der Waals surface area contributed by atoms with E-state index in [9.17, 15) is 10.1 Å². The van der Waals surface area contributed by atoms with Crippen LogP contribution >= 0.6 is 0 Å². The van der Waals surface area contributed by atoms with E-state index in [4.69, 9.17) is 14.2 Å². The standard InChI is InChI=1S/C29H24N2O4/c1-33-25-14-11-24(12-15-25)31-29(32)23(18-30)16-21-10-13-26(34-2)17-28(21)35-19-22-8-5-7-20-6-3-4-9-27(20)22/h3-17H,19H2,1-2H3,(H,31,32)/b23-16+. The summed E-state index contributed by atoms with van der Waals surface area (Å²) in [5.41, 5.74) is 2.12. The Balaban J connectivity index is 1.59. The molecule has 4 aromatic rings. The van der Waals surface area contributed by atoms with Gasteiger partial charge >= 0.3 is 0 Å². The summed E-state index contributed by atoms with van der Waals surface area (Å²) in [7, 11) is 3.14. The Hall–Kier alpha value is -4.76. The van der Waals surface area contributed by atoms with Crippen molar-refractivity contribution in [1.29, 1.82) is 5.26 Å². The first-order chi connectivity index (χ1) is 17.1. The third-order valence-corrected chi connectivity index (χ3v) is 5.50. The molecule has 0 fully saturated rings. The minimum Gasteiger partial charge on any atom is -0.497 e. The fraction of sp³-hybridized carbons (Fsp3) is 0.103. The third kappa shape index (κ3) is 5.60. The summed E-state index contributed by atoms with van der Waals surface area (Å²) in [6, 6.07) is 28.3. The molecule has 0 radical (unpaired) electrons. The van der Waals surface area contributed by atoms with E-state index in [0.717, 1.165) is 16.3 Å². The largest absolute Gasteiger partial charge is 0.497 e. The van der Waals surface area contributed by atoms with Gasteiger partial charge in [0.25, 0.3) is 5.91 Å². The molecule has 0 aliphatic rings. The van der Waals surface area contributed by atoms with E-state index in [1.54, 1.807) is 56.7 Å². The summed E-state index contributed by atoms with van der Waals surface area (Å²) in [5.74, 6) is 1.26. The van der Waals surface area contributed by atoms with Crippen molar-refractivity contribution >= 4 is 28.4 Å². The Bertz CT molecular complexity index is 1410. The van der Waals surface area contributed by atoms with Gasteiger partial charge in [0.15, 0.2) is 0 Å². The van der Waals surface area contributed by atoms with Crippen molar-refractivity contribution in [2.45, 2.75) is 6.61 Å². The minimum atomic E-state index is -0.520. The van der Waals surface area contributed by atoms with Gasteiger partial charge in [0.05, 0.1) is 14.2 Å². The topological polar surface area (TPSA) is 80.6 Å². The molecule has 0 bridgehead atoms. The van der Waals surface area contributed by atoms with Gasteiger partial charge in [0.2, 0.25) is 0 Å². The molecule has 0 heterocycles. The van der Waals surface area contributed by atoms with Crippen LogP contribution in [0.25, 0.3) is 16.8 Å². The number of carbonyl (C=O) groups is 1. The van der Waals surface area contributed by atoms with Crippen LogP contribution in [0.4, 0.5) is 5.69 Å². The molecule has 6 heteroatoms. The number of hydrogen-bond acceptors (Lipinski definition) is 5. The fourth-order valence-corrected chi connectivity index (χ4v) is 3.64. The maximum atomic E-state index is 12.8. The van der Waals surface area contributed by atoms with Gasteiger partial charge in [0.1, 0.15) is 35.5 Å². The van der Waals surface area contributed by atoms with Crippen LogP contribution < -0.4 is 19.5 Å². The highest BCUT2D eigenvalue weighted by atomic mass is 16.5. The van der Waals surface area contributed by atoms with Gasteiger partial charge in [-0.05, 0) is 58.8 Å². The molecule has 0 aromatic heterocycles. The normalized spacial score (nSPS) is 10.9. The van der Waals surface area contributed by atoms with Crippen molar-refractivity contribution < 1.29 is 19.0 Å². The Morgan fingerprint density at radius 2 is 1.63 bits per heavy atom. The lowest BCUT2D eigenvalue weighted by Crippen LogP contribution is -2.13. The van der Waals surface area contributed by atoms with Gasteiger partial charge in [-0.25, -0.2) is 0 Å². The monoisotopic (exact) mass is 464 g/mol. The second-order valence-corrected chi connectivity index (χ2v) is 7.68. The predicted molar refractivity (Wildman–Crippen MR) is 136 cm³/mol. The maximum Gasteiger partial charge on any atom is 0.266 e. The first kappa shape index (κ1) is 23.4. The average Bonchev–Trinajstić information content (AvgIpc) is 2.91. The van der Waals surface area contributed by atoms with Gasteiger partial charge in [-0.2, -0.15) is 5.26 Å². The van der Waals surface area contributed by atoms with Crippen LogP contribution in [-0.2, 0) is 11.4 Å².